The van der Waals surface area contributed by atoms with Gasteiger partial charge in [0.1, 0.15) is 11.5 Å². The highest BCUT2D eigenvalue weighted by atomic mass is 16.5. The van der Waals surface area contributed by atoms with Crippen molar-refractivity contribution in [1.29, 1.82) is 0 Å². The van der Waals surface area contributed by atoms with Crippen LogP contribution in [0, 0.1) is 5.92 Å². The Bertz CT molecular complexity index is 713. The number of carbonyl (C=O) groups excluding carboxylic acids is 2. The van der Waals surface area contributed by atoms with Crippen molar-refractivity contribution >= 4 is 17.5 Å². The van der Waals surface area contributed by atoms with Gasteiger partial charge in [-0.25, -0.2) is 0 Å². The van der Waals surface area contributed by atoms with Gasteiger partial charge in [-0.2, -0.15) is 0 Å². The van der Waals surface area contributed by atoms with Crippen LogP contribution in [0.25, 0.3) is 0 Å². The molecule has 0 bridgehead atoms. The molecule has 2 aliphatic heterocycles. The number of anilines is 1. The monoisotopic (exact) mass is 390 g/mol. The number of benzene rings is 1. The van der Waals surface area contributed by atoms with E-state index in [4.69, 9.17) is 14.2 Å². The summed E-state index contributed by atoms with van der Waals surface area (Å²) in [5.41, 5.74) is 0.423. The average molecular weight is 390 g/mol. The first-order chi connectivity index (χ1) is 13.4. The van der Waals surface area contributed by atoms with Crippen LogP contribution in [-0.4, -0.2) is 56.2 Å². The number of carbonyl (C=O) groups is 2. The largest absolute Gasteiger partial charge is 0.497 e. The van der Waals surface area contributed by atoms with Gasteiger partial charge in [0.05, 0.1) is 25.5 Å². The highest BCUT2D eigenvalue weighted by molar-refractivity contribution is 5.92. The molecular weight excluding hydrogens is 360 g/mol. The summed E-state index contributed by atoms with van der Waals surface area (Å²) in [6.45, 7) is 3.74. The van der Waals surface area contributed by atoms with E-state index in [1.165, 1.54) is 0 Å². The summed E-state index contributed by atoms with van der Waals surface area (Å²) in [6, 6.07) is 5.34. The maximum Gasteiger partial charge on any atom is 0.224 e. The number of nitrogens with one attached hydrogen (secondary N) is 1. The third-order valence-corrected chi connectivity index (χ3v) is 5.87. The first-order valence-corrected chi connectivity index (χ1v) is 9.86. The molecule has 0 aromatic heterocycles. The lowest BCUT2D eigenvalue weighted by Crippen LogP contribution is -2.50. The number of amides is 2. The molecule has 1 N–H and O–H groups in total. The molecule has 28 heavy (non-hydrogen) atoms. The molecule has 0 aliphatic carbocycles. The molecule has 2 heterocycles. The summed E-state index contributed by atoms with van der Waals surface area (Å²) in [7, 11) is 3.17. The van der Waals surface area contributed by atoms with Crippen molar-refractivity contribution < 1.29 is 23.8 Å². The normalized spacial score (nSPS) is 21.2. The topological polar surface area (TPSA) is 77.1 Å². The Kier molecular flexibility index (Phi) is 6.44. The zero-order valence-electron chi connectivity index (χ0n) is 17.0. The van der Waals surface area contributed by atoms with Gasteiger partial charge in [-0.05, 0) is 43.7 Å². The molecule has 1 unspecified atom stereocenters. The molecule has 7 nitrogen and oxygen atoms in total. The molecule has 2 saturated heterocycles. The third-order valence-electron chi connectivity index (χ3n) is 5.87. The van der Waals surface area contributed by atoms with E-state index in [0.29, 0.717) is 30.2 Å². The maximum atomic E-state index is 12.7. The fourth-order valence-electron chi connectivity index (χ4n) is 4.26. The van der Waals surface area contributed by atoms with Crippen LogP contribution in [0.1, 0.15) is 39.0 Å². The lowest BCUT2D eigenvalue weighted by atomic mass is 9.78. The number of likely N-dealkylation sites (tertiary alicyclic amines) is 1. The third kappa shape index (κ3) is 4.76. The van der Waals surface area contributed by atoms with Crippen LogP contribution < -0.4 is 14.8 Å². The summed E-state index contributed by atoms with van der Waals surface area (Å²) >= 11 is 0. The minimum absolute atomic E-state index is 0.0326. The Hall–Kier alpha value is -2.28. The van der Waals surface area contributed by atoms with Gasteiger partial charge in [0, 0.05) is 39.1 Å². The van der Waals surface area contributed by atoms with Gasteiger partial charge in [-0.3, -0.25) is 9.59 Å². The highest BCUT2D eigenvalue weighted by Crippen LogP contribution is 2.39. The zero-order valence-corrected chi connectivity index (χ0v) is 17.0. The Morgan fingerprint density at radius 3 is 2.64 bits per heavy atom. The van der Waals surface area contributed by atoms with E-state index in [-0.39, 0.29) is 23.3 Å². The van der Waals surface area contributed by atoms with Gasteiger partial charge in [0.25, 0.3) is 0 Å². The lowest BCUT2D eigenvalue weighted by Gasteiger charge is -2.46. The van der Waals surface area contributed by atoms with Crippen molar-refractivity contribution in [2.24, 2.45) is 5.92 Å². The Balaban J connectivity index is 1.58. The van der Waals surface area contributed by atoms with Crippen molar-refractivity contribution in [3.05, 3.63) is 18.2 Å². The predicted molar refractivity (Wildman–Crippen MR) is 106 cm³/mol. The fraction of sp³-hybridized carbons (Fsp3) is 0.619. The van der Waals surface area contributed by atoms with Crippen molar-refractivity contribution in [1.82, 2.24) is 4.90 Å². The molecule has 1 atom stereocenters. The molecule has 154 valence electrons. The molecule has 0 radical (unpaired) electrons. The molecule has 7 heteroatoms. The molecule has 2 fully saturated rings. The fourth-order valence-corrected chi connectivity index (χ4v) is 4.26. The standard InChI is InChI=1S/C21H30N2O5/c1-15(24)23-9-7-21(8-10-23)14-16(6-11-28-21)12-20(25)22-18-13-17(26-2)4-5-19(18)27-3/h4-5,13,16H,6-12,14H2,1-3H3,(H,22,25). The number of methoxy groups -OCH3 is 2. The van der Waals surface area contributed by atoms with E-state index in [2.05, 4.69) is 5.32 Å². The molecule has 1 aromatic rings. The van der Waals surface area contributed by atoms with E-state index < -0.39 is 0 Å². The van der Waals surface area contributed by atoms with Crippen molar-refractivity contribution in [3.8, 4) is 11.5 Å². The highest BCUT2D eigenvalue weighted by Gasteiger charge is 2.41. The Morgan fingerprint density at radius 1 is 1.25 bits per heavy atom. The minimum atomic E-state index is -0.192. The number of piperidine rings is 1. The number of ether oxygens (including phenoxy) is 3. The minimum Gasteiger partial charge on any atom is -0.497 e. The summed E-state index contributed by atoms with van der Waals surface area (Å²) in [5.74, 6) is 1.63. The molecule has 0 saturated carbocycles. The van der Waals surface area contributed by atoms with E-state index in [1.54, 1.807) is 39.3 Å². The van der Waals surface area contributed by atoms with Gasteiger partial charge in [-0.15, -0.1) is 0 Å². The maximum absolute atomic E-state index is 12.7. The molecule has 1 spiro atoms. The summed E-state index contributed by atoms with van der Waals surface area (Å²) in [6.07, 6.45) is 3.87. The first-order valence-electron chi connectivity index (χ1n) is 9.86. The second-order valence-electron chi connectivity index (χ2n) is 7.71. The Labute approximate surface area is 166 Å². The summed E-state index contributed by atoms with van der Waals surface area (Å²) in [4.78, 5) is 26.1. The molecular formula is C21H30N2O5. The zero-order chi connectivity index (χ0) is 20.1. The molecule has 2 aliphatic rings. The van der Waals surface area contributed by atoms with E-state index >= 15 is 0 Å². The van der Waals surface area contributed by atoms with Crippen LogP contribution in [0.5, 0.6) is 11.5 Å². The number of hydrogen-bond acceptors (Lipinski definition) is 5. The van der Waals surface area contributed by atoms with E-state index in [1.807, 2.05) is 4.90 Å². The van der Waals surface area contributed by atoms with E-state index in [9.17, 15) is 9.59 Å². The van der Waals surface area contributed by atoms with Gasteiger partial charge in [0.2, 0.25) is 11.8 Å². The second kappa shape index (κ2) is 8.82. The Morgan fingerprint density at radius 2 is 2.00 bits per heavy atom. The first kappa shape index (κ1) is 20.5. The number of nitrogens with zero attached hydrogens (tertiary/aromatic N) is 1. The van der Waals surface area contributed by atoms with Crippen LogP contribution in [0.3, 0.4) is 0 Å². The quantitative estimate of drug-likeness (QED) is 0.837. The van der Waals surface area contributed by atoms with Crippen molar-refractivity contribution in [2.75, 3.05) is 39.2 Å². The van der Waals surface area contributed by atoms with E-state index in [0.717, 1.165) is 38.8 Å². The smallest absolute Gasteiger partial charge is 0.224 e. The van der Waals surface area contributed by atoms with Crippen LogP contribution in [0.15, 0.2) is 18.2 Å². The van der Waals surface area contributed by atoms with Crippen molar-refractivity contribution in [3.63, 3.8) is 0 Å². The van der Waals surface area contributed by atoms with Gasteiger partial charge in [-0.1, -0.05) is 0 Å². The van der Waals surface area contributed by atoms with Crippen LogP contribution in [0.2, 0.25) is 0 Å². The van der Waals surface area contributed by atoms with Crippen LogP contribution in [0.4, 0.5) is 5.69 Å². The molecule has 2 amide bonds. The van der Waals surface area contributed by atoms with Crippen LogP contribution in [-0.2, 0) is 14.3 Å². The summed E-state index contributed by atoms with van der Waals surface area (Å²) < 4.78 is 16.7. The SMILES string of the molecule is COc1ccc(OC)c(NC(=O)CC2CCOC3(CCN(C(C)=O)CC3)C2)c1. The van der Waals surface area contributed by atoms with Crippen molar-refractivity contribution in [2.45, 2.75) is 44.6 Å². The molecule has 1 aromatic carbocycles. The second-order valence-corrected chi connectivity index (χ2v) is 7.71. The lowest BCUT2D eigenvalue weighted by molar-refractivity contribution is -0.146. The van der Waals surface area contributed by atoms with Crippen LogP contribution >= 0.6 is 0 Å². The molecule has 3 rings (SSSR count). The van der Waals surface area contributed by atoms with Gasteiger partial charge < -0.3 is 24.4 Å². The summed E-state index contributed by atoms with van der Waals surface area (Å²) in [5, 5.41) is 2.96. The van der Waals surface area contributed by atoms with Gasteiger partial charge >= 0.3 is 0 Å². The predicted octanol–water partition coefficient (Wildman–Crippen LogP) is 2.84. The van der Waals surface area contributed by atoms with Gasteiger partial charge in [0.15, 0.2) is 0 Å². The average Bonchev–Trinajstić information content (AvgIpc) is 2.68. The number of hydrogen-bond donors (Lipinski definition) is 1. The number of rotatable bonds is 5.